The lowest BCUT2D eigenvalue weighted by Crippen LogP contribution is -2.06. The Balaban J connectivity index is 2.35. The first-order valence-corrected chi connectivity index (χ1v) is 6.05. The van der Waals surface area contributed by atoms with E-state index in [0.29, 0.717) is 11.6 Å². The standard InChI is InChI=1S/C15H12N2O3/c1-20-13-8-3-2-6-11(13)14-16-9-10-5-4-7-12(15(18)19)17(10)14/h2-9H,1H3,(H,18,19). The van der Waals surface area contributed by atoms with E-state index < -0.39 is 5.97 Å². The lowest BCUT2D eigenvalue weighted by molar-refractivity contribution is 0.0689. The van der Waals surface area contributed by atoms with Crippen LogP contribution in [0.15, 0.2) is 48.7 Å². The summed E-state index contributed by atoms with van der Waals surface area (Å²) < 4.78 is 6.93. The van der Waals surface area contributed by atoms with Gasteiger partial charge >= 0.3 is 5.97 Å². The van der Waals surface area contributed by atoms with Crippen LogP contribution in [-0.2, 0) is 0 Å². The molecule has 0 aliphatic heterocycles. The second-order valence-corrected chi connectivity index (χ2v) is 4.26. The van der Waals surface area contributed by atoms with Gasteiger partial charge < -0.3 is 9.84 Å². The quantitative estimate of drug-likeness (QED) is 0.793. The van der Waals surface area contributed by atoms with Gasteiger partial charge in [0.05, 0.1) is 24.4 Å². The molecular formula is C15H12N2O3. The third-order valence-corrected chi connectivity index (χ3v) is 3.12. The Morgan fingerprint density at radius 2 is 2.00 bits per heavy atom. The van der Waals surface area contributed by atoms with E-state index in [1.54, 1.807) is 29.8 Å². The molecule has 1 aromatic carbocycles. The highest BCUT2D eigenvalue weighted by Gasteiger charge is 2.16. The van der Waals surface area contributed by atoms with Crippen molar-refractivity contribution in [3.63, 3.8) is 0 Å². The molecule has 0 saturated heterocycles. The van der Waals surface area contributed by atoms with Crippen molar-refractivity contribution in [3.8, 4) is 17.1 Å². The number of pyridine rings is 1. The van der Waals surface area contributed by atoms with Gasteiger partial charge in [-0.15, -0.1) is 0 Å². The molecule has 0 saturated carbocycles. The zero-order valence-electron chi connectivity index (χ0n) is 10.8. The summed E-state index contributed by atoms with van der Waals surface area (Å²) in [6.45, 7) is 0. The van der Waals surface area contributed by atoms with Gasteiger partial charge in [0.2, 0.25) is 0 Å². The molecule has 2 aromatic heterocycles. The fourth-order valence-corrected chi connectivity index (χ4v) is 2.23. The predicted molar refractivity (Wildman–Crippen MR) is 74.1 cm³/mol. The number of ether oxygens (including phenoxy) is 1. The number of fused-ring (bicyclic) bond motifs is 1. The number of para-hydroxylation sites is 1. The number of imidazole rings is 1. The van der Waals surface area contributed by atoms with Crippen LogP contribution in [0.25, 0.3) is 16.9 Å². The molecule has 2 heterocycles. The van der Waals surface area contributed by atoms with E-state index in [9.17, 15) is 9.90 Å². The summed E-state index contributed by atoms with van der Waals surface area (Å²) in [6, 6.07) is 12.5. The van der Waals surface area contributed by atoms with Crippen molar-refractivity contribution in [3.05, 3.63) is 54.4 Å². The summed E-state index contributed by atoms with van der Waals surface area (Å²) in [6.07, 6.45) is 1.65. The van der Waals surface area contributed by atoms with E-state index in [-0.39, 0.29) is 5.69 Å². The van der Waals surface area contributed by atoms with Gasteiger partial charge in [0, 0.05) is 0 Å². The zero-order valence-corrected chi connectivity index (χ0v) is 10.8. The van der Waals surface area contributed by atoms with Crippen molar-refractivity contribution in [1.29, 1.82) is 0 Å². The van der Waals surface area contributed by atoms with Crippen LogP contribution in [0.5, 0.6) is 5.75 Å². The SMILES string of the molecule is COc1ccccc1-c1ncc2cccc(C(=O)O)n12. The average Bonchev–Trinajstić information content (AvgIpc) is 2.90. The van der Waals surface area contributed by atoms with Crippen LogP contribution < -0.4 is 4.74 Å². The molecule has 20 heavy (non-hydrogen) atoms. The molecule has 0 bridgehead atoms. The summed E-state index contributed by atoms with van der Waals surface area (Å²) in [5.74, 6) is 0.209. The monoisotopic (exact) mass is 268 g/mol. The Bertz CT molecular complexity index is 793. The highest BCUT2D eigenvalue weighted by Crippen LogP contribution is 2.29. The molecule has 5 heteroatoms. The minimum atomic E-state index is -0.996. The van der Waals surface area contributed by atoms with Gasteiger partial charge in [0.1, 0.15) is 17.3 Å². The average molecular weight is 268 g/mol. The largest absolute Gasteiger partial charge is 0.496 e. The van der Waals surface area contributed by atoms with Crippen molar-refractivity contribution in [2.45, 2.75) is 0 Å². The fourth-order valence-electron chi connectivity index (χ4n) is 2.23. The summed E-state index contributed by atoms with van der Waals surface area (Å²) >= 11 is 0. The van der Waals surface area contributed by atoms with Crippen molar-refractivity contribution in [1.82, 2.24) is 9.38 Å². The van der Waals surface area contributed by atoms with Crippen LogP contribution in [0.2, 0.25) is 0 Å². The Kier molecular flexibility index (Phi) is 2.87. The normalized spacial score (nSPS) is 10.7. The van der Waals surface area contributed by atoms with Crippen molar-refractivity contribution < 1.29 is 14.6 Å². The topological polar surface area (TPSA) is 63.8 Å². The summed E-state index contributed by atoms with van der Waals surface area (Å²) in [7, 11) is 1.58. The molecule has 0 spiro atoms. The molecule has 3 rings (SSSR count). The predicted octanol–water partition coefficient (Wildman–Crippen LogP) is 2.71. The lowest BCUT2D eigenvalue weighted by atomic mass is 10.2. The number of nitrogens with zero attached hydrogens (tertiary/aromatic N) is 2. The Labute approximate surface area is 115 Å². The van der Waals surface area contributed by atoms with E-state index in [0.717, 1.165) is 11.1 Å². The van der Waals surface area contributed by atoms with E-state index >= 15 is 0 Å². The van der Waals surface area contributed by atoms with Gasteiger partial charge in [0.15, 0.2) is 0 Å². The maximum absolute atomic E-state index is 11.4. The van der Waals surface area contributed by atoms with Gasteiger partial charge in [-0.25, -0.2) is 9.78 Å². The number of carboxylic acids is 1. The zero-order chi connectivity index (χ0) is 14.1. The number of methoxy groups -OCH3 is 1. The van der Waals surface area contributed by atoms with E-state index in [1.165, 1.54) is 0 Å². The molecule has 0 fully saturated rings. The van der Waals surface area contributed by atoms with Gasteiger partial charge in [-0.05, 0) is 24.3 Å². The number of benzene rings is 1. The van der Waals surface area contributed by atoms with Crippen LogP contribution >= 0.6 is 0 Å². The van der Waals surface area contributed by atoms with Gasteiger partial charge in [-0.1, -0.05) is 18.2 Å². The van der Waals surface area contributed by atoms with Gasteiger partial charge in [-0.3, -0.25) is 4.40 Å². The first-order chi connectivity index (χ1) is 9.72. The minimum Gasteiger partial charge on any atom is -0.496 e. The number of aromatic carboxylic acids is 1. The molecule has 0 atom stereocenters. The van der Waals surface area contributed by atoms with E-state index in [1.807, 2.05) is 30.3 Å². The summed E-state index contributed by atoms with van der Waals surface area (Å²) in [5.41, 5.74) is 1.65. The Morgan fingerprint density at radius 3 is 2.75 bits per heavy atom. The van der Waals surface area contributed by atoms with Crippen molar-refractivity contribution >= 4 is 11.5 Å². The molecule has 0 unspecified atom stereocenters. The van der Waals surface area contributed by atoms with Gasteiger partial charge in [0.25, 0.3) is 0 Å². The molecule has 1 N–H and O–H groups in total. The van der Waals surface area contributed by atoms with Crippen molar-refractivity contribution in [2.75, 3.05) is 7.11 Å². The minimum absolute atomic E-state index is 0.168. The molecular weight excluding hydrogens is 256 g/mol. The van der Waals surface area contributed by atoms with Crippen LogP contribution in [0.3, 0.4) is 0 Å². The number of carboxylic acid groups (broad SMARTS) is 1. The van der Waals surface area contributed by atoms with Crippen LogP contribution in [0.1, 0.15) is 10.5 Å². The Morgan fingerprint density at radius 1 is 1.20 bits per heavy atom. The van der Waals surface area contributed by atoms with E-state index in [2.05, 4.69) is 4.98 Å². The number of aromatic nitrogens is 2. The van der Waals surface area contributed by atoms with Gasteiger partial charge in [-0.2, -0.15) is 0 Å². The smallest absolute Gasteiger partial charge is 0.352 e. The number of carbonyl (C=O) groups is 1. The molecule has 3 aromatic rings. The second kappa shape index (κ2) is 4.70. The molecule has 0 radical (unpaired) electrons. The van der Waals surface area contributed by atoms with Crippen molar-refractivity contribution in [2.24, 2.45) is 0 Å². The maximum Gasteiger partial charge on any atom is 0.352 e. The highest BCUT2D eigenvalue weighted by atomic mass is 16.5. The van der Waals surface area contributed by atoms with Crippen LogP contribution in [-0.4, -0.2) is 27.6 Å². The van der Waals surface area contributed by atoms with Crippen LogP contribution in [0.4, 0.5) is 0 Å². The van der Waals surface area contributed by atoms with E-state index in [4.69, 9.17) is 4.74 Å². The lowest BCUT2D eigenvalue weighted by Gasteiger charge is -2.09. The number of hydrogen-bond acceptors (Lipinski definition) is 3. The Hall–Kier alpha value is -2.82. The summed E-state index contributed by atoms with van der Waals surface area (Å²) in [5, 5.41) is 9.32. The second-order valence-electron chi connectivity index (χ2n) is 4.26. The summed E-state index contributed by atoms with van der Waals surface area (Å²) in [4.78, 5) is 15.7. The number of rotatable bonds is 3. The van der Waals surface area contributed by atoms with Crippen LogP contribution in [0, 0.1) is 0 Å². The molecule has 5 nitrogen and oxygen atoms in total. The molecule has 0 aliphatic carbocycles. The molecule has 0 aliphatic rings. The third-order valence-electron chi connectivity index (χ3n) is 3.12. The fraction of sp³-hybridized carbons (Fsp3) is 0.0667. The molecule has 100 valence electrons. The highest BCUT2D eigenvalue weighted by molar-refractivity contribution is 5.88. The molecule has 0 amide bonds. The first-order valence-electron chi connectivity index (χ1n) is 6.05. The maximum atomic E-state index is 11.4. The number of hydrogen-bond donors (Lipinski definition) is 1. The first kappa shape index (κ1) is 12.2. The third kappa shape index (κ3) is 1.80.